The summed E-state index contributed by atoms with van der Waals surface area (Å²) in [4.78, 5) is 64.7. The summed E-state index contributed by atoms with van der Waals surface area (Å²) in [6.45, 7) is 11.9. The molecule has 0 saturated carbocycles. The zero-order valence-corrected chi connectivity index (χ0v) is 23.0. The molecule has 11 heteroatoms. The Morgan fingerprint density at radius 2 is 1.70 bits per heavy atom. The van der Waals surface area contributed by atoms with Crippen molar-refractivity contribution >= 4 is 29.8 Å². The van der Waals surface area contributed by atoms with Crippen LogP contribution < -0.4 is 16.4 Å². The van der Waals surface area contributed by atoms with Crippen LogP contribution in [0.5, 0.6) is 0 Å². The first-order valence-electron chi connectivity index (χ1n) is 12.1. The summed E-state index contributed by atoms with van der Waals surface area (Å²) in [5.74, 6) is -2.81. The van der Waals surface area contributed by atoms with Crippen LogP contribution in [0.15, 0.2) is 18.2 Å². The van der Waals surface area contributed by atoms with Crippen LogP contribution in [0.4, 0.5) is 4.79 Å². The second kappa shape index (κ2) is 13.6. The number of nitrogens with zero attached hydrogens (tertiary/aromatic N) is 1. The molecule has 0 bridgehead atoms. The van der Waals surface area contributed by atoms with Crippen molar-refractivity contribution in [3.8, 4) is 0 Å². The molecule has 4 amide bonds. The lowest BCUT2D eigenvalue weighted by Gasteiger charge is -2.38. The van der Waals surface area contributed by atoms with Crippen molar-refractivity contribution in [1.82, 2.24) is 15.5 Å². The molecule has 0 aliphatic rings. The summed E-state index contributed by atoms with van der Waals surface area (Å²) in [5.41, 5.74) is 6.91. The van der Waals surface area contributed by atoms with Crippen molar-refractivity contribution in [2.45, 2.75) is 85.0 Å². The average molecular weight is 521 g/mol. The van der Waals surface area contributed by atoms with E-state index in [1.54, 1.807) is 39.8 Å². The fraction of sp³-hybridized carbons (Fsp3) is 0.577. The number of methoxy groups -OCH3 is 1. The van der Waals surface area contributed by atoms with Gasteiger partial charge in [0, 0.05) is 6.04 Å². The Kier molecular flexibility index (Phi) is 11.6. The first-order chi connectivity index (χ1) is 17.1. The van der Waals surface area contributed by atoms with Gasteiger partial charge >= 0.3 is 12.1 Å². The van der Waals surface area contributed by atoms with E-state index in [1.807, 2.05) is 26.8 Å². The van der Waals surface area contributed by atoms with Gasteiger partial charge in [-0.05, 0) is 64.7 Å². The van der Waals surface area contributed by atoms with Gasteiger partial charge in [-0.25, -0.2) is 4.79 Å². The molecule has 206 valence electrons. The van der Waals surface area contributed by atoms with Gasteiger partial charge in [0.05, 0.1) is 13.5 Å². The molecule has 0 radical (unpaired) electrons. The monoisotopic (exact) mass is 520 g/mol. The molecule has 1 aromatic rings. The normalized spacial score (nSPS) is 13.5. The number of primary amides is 1. The van der Waals surface area contributed by atoms with E-state index in [2.05, 4.69) is 15.4 Å². The second-order valence-corrected chi connectivity index (χ2v) is 9.91. The maximum absolute atomic E-state index is 13.9. The van der Waals surface area contributed by atoms with Crippen LogP contribution in [-0.4, -0.2) is 66.0 Å². The number of ether oxygens (including phenoxy) is 2. The van der Waals surface area contributed by atoms with Gasteiger partial charge in [0.1, 0.15) is 24.2 Å². The molecule has 0 aliphatic carbocycles. The van der Waals surface area contributed by atoms with Crippen molar-refractivity contribution in [3.63, 3.8) is 0 Å². The molecule has 0 heterocycles. The number of hydrogen-bond donors (Lipinski definition) is 3. The average Bonchev–Trinajstić information content (AvgIpc) is 2.79. The van der Waals surface area contributed by atoms with Crippen LogP contribution in [-0.2, 0) is 28.7 Å². The Labute approximate surface area is 218 Å². The highest BCUT2D eigenvalue weighted by molar-refractivity contribution is 5.95. The van der Waals surface area contributed by atoms with Crippen molar-refractivity contribution in [1.29, 1.82) is 0 Å². The molecule has 11 nitrogen and oxygen atoms in total. The van der Waals surface area contributed by atoms with E-state index in [9.17, 15) is 24.0 Å². The lowest BCUT2D eigenvalue weighted by Crippen LogP contribution is -2.56. The van der Waals surface area contributed by atoms with Gasteiger partial charge in [-0.1, -0.05) is 25.1 Å². The standard InChI is InChI=1S/C26H40N4O7/c1-9-17(4)30(24(34)19(13-20(27)31)29-25(35)37-26(5,6)7)22(23(33)28-14-21(32)36-8)18-11-10-15(2)16(3)12-18/h10-12,17,19,22H,9,13-14H2,1-8H3,(H2,27,31)(H,28,33)(H,29,35). The van der Waals surface area contributed by atoms with Gasteiger partial charge in [-0.3, -0.25) is 19.2 Å². The van der Waals surface area contributed by atoms with E-state index in [1.165, 1.54) is 12.0 Å². The van der Waals surface area contributed by atoms with Crippen LogP contribution >= 0.6 is 0 Å². The van der Waals surface area contributed by atoms with Crippen LogP contribution in [0.1, 0.15) is 70.2 Å². The lowest BCUT2D eigenvalue weighted by atomic mass is 9.96. The largest absolute Gasteiger partial charge is 0.468 e. The number of hydrogen-bond acceptors (Lipinski definition) is 7. The smallest absolute Gasteiger partial charge is 0.408 e. The quantitative estimate of drug-likeness (QED) is 0.377. The molecule has 1 rings (SSSR count). The van der Waals surface area contributed by atoms with Crippen LogP contribution in [0.3, 0.4) is 0 Å². The molecule has 0 aliphatic heterocycles. The summed E-state index contributed by atoms with van der Waals surface area (Å²) in [5, 5.41) is 4.95. The number of rotatable bonds is 11. The fourth-order valence-corrected chi connectivity index (χ4v) is 3.53. The van der Waals surface area contributed by atoms with Crippen molar-refractivity contribution in [2.24, 2.45) is 5.73 Å². The van der Waals surface area contributed by atoms with E-state index in [4.69, 9.17) is 10.5 Å². The molecule has 0 saturated heterocycles. The van der Waals surface area contributed by atoms with Crippen molar-refractivity contribution in [2.75, 3.05) is 13.7 Å². The Balaban J connectivity index is 3.58. The Bertz CT molecular complexity index is 1000. The molecule has 4 N–H and O–H groups in total. The van der Waals surface area contributed by atoms with Gasteiger partial charge in [0.15, 0.2) is 0 Å². The molecule has 3 unspecified atom stereocenters. The first-order valence-corrected chi connectivity index (χ1v) is 12.1. The molecular formula is C26H40N4O7. The number of amides is 4. The van der Waals surface area contributed by atoms with Crippen LogP contribution in [0, 0.1) is 13.8 Å². The summed E-state index contributed by atoms with van der Waals surface area (Å²) >= 11 is 0. The predicted molar refractivity (Wildman–Crippen MR) is 137 cm³/mol. The summed E-state index contributed by atoms with van der Waals surface area (Å²) < 4.78 is 9.88. The maximum Gasteiger partial charge on any atom is 0.408 e. The fourth-order valence-electron chi connectivity index (χ4n) is 3.53. The third-order valence-electron chi connectivity index (χ3n) is 5.72. The Hall–Kier alpha value is -3.63. The van der Waals surface area contributed by atoms with Crippen LogP contribution in [0.2, 0.25) is 0 Å². The molecule has 3 atom stereocenters. The third-order valence-corrected chi connectivity index (χ3v) is 5.72. The number of carbonyl (C=O) groups is 5. The molecular weight excluding hydrogens is 480 g/mol. The Morgan fingerprint density at radius 1 is 1.08 bits per heavy atom. The predicted octanol–water partition coefficient (Wildman–Crippen LogP) is 2.03. The molecule has 0 fully saturated rings. The highest BCUT2D eigenvalue weighted by atomic mass is 16.6. The topological polar surface area (TPSA) is 157 Å². The minimum Gasteiger partial charge on any atom is -0.468 e. The van der Waals surface area contributed by atoms with E-state index < -0.39 is 66.5 Å². The first kappa shape index (κ1) is 31.4. The molecule has 37 heavy (non-hydrogen) atoms. The van der Waals surface area contributed by atoms with Gasteiger partial charge in [0.2, 0.25) is 17.7 Å². The van der Waals surface area contributed by atoms with Gasteiger partial charge < -0.3 is 30.7 Å². The molecule has 0 spiro atoms. The molecule has 0 aromatic heterocycles. The van der Waals surface area contributed by atoms with E-state index in [-0.39, 0.29) is 0 Å². The SMILES string of the molecule is CCC(C)N(C(=O)C(CC(N)=O)NC(=O)OC(C)(C)C)C(C(=O)NCC(=O)OC)c1ccc(C)c(C)c1. The zero-order valence-electron chi connectivity index (χ0n) is 23.0. The van der Waals surface area contributed by atoms with Gasteiger partial charge in [-0.15, -0.1) is 0 Å². The number of alkyl carbamates (subject to hydrolysis) is 1. The summed E-state index contributed by atoms with van der Waals surface area (Å²) in [6, 6.07) is 2.26. The zero-order chi connectivity index (χ0) is 28.5. The minimum absolute atomic E-state index is 0.403. The minimum atomic E-state index is -1.39. The molecule has 1 aromatic carbocycles. The van der Waals surface area contributed by atoms with E-state index in [0.29, 0.717) is 12.0 Å². The third kappa shape index (κ3) is 9.74. The van der Waals surface area contributed by atoms with Crippen molar-refractivity contribution in [3.05, 3.63) is 34.9 Å². The maximum atomic E-state index is 13.9. The highest BCUT2D eigenvalue weighted by Crippen LogP contribution is 2.28. The van der Waals surface area contributed by atoms with E-state index >= 15 is 0 Å². The Morgan fingerprint density at radius 3 is 2.19 bits per heavy atom. The van der Waals surface area contributed by atoms with E-state index in [0.717, 1.165) is 11.1 Å². The van der Waals surface area contributed by atoms with Gasteiger partial charge in [-0.2, -0.15) is 0 Å². The number of nitrogens with one attached hydrogen (secondary N) is 2. The van der Waals surface area contributed by atoms with Crippen LogP contribution in [0.25, 0.3) is 0 Å². The second-order valence-electron chi connectivity index (χ2n) is 9.91. The van der Waals surface area contributed by atoms with Crippen molar-refractivity contribution < 1.29 is 33.4 Å². The van der Waals surface area contributed by atoms with Gasteiger partial charge in [0.25, 0.3) is 0 Å². The number of nitrogens with two attached hydrogens (primary N) is 1. The number of carbonyl (C=O) groups excluding carboxylic acids is 5. The summed E-state index contributed by atoms with van der Waals surface area (Å²) in [6.07, 6.45) is -0.962. The highest BCUT2D eigenvalue weighted by Gasteiger charge is 2.39. The number of benzene rings is 1. The number of esters is 1. The number of aryl methyl sites for hydroxylation is 2. The summed E-state index contributed by atoms with van der Waals surface area (Å²) in [7, 11) is 1.20. The lowest BCUT2D eigenvalue weighted by molar-refractivity contribution is -0.147.